The molecule has 0 aliphatic carbocycles. The van der Waals surface area contributed by atoms with Crippen molar-refractivity contribution in [3.8, 4) is 0 Å². The van der Waals surface area contributed by atoms with E-state index in [9.17, 15) is 9.59 Å². The summed E-state index contributed by atoms with van der Waals surface area (Å²) in [6, 6.07) is 0. The molecular formula is C9H9NO4S. The molecule has 0 aromatic carbocycles. The number of carboxylic acids is 1. The van der Waals surface area contributed by atoms with Crippen molar-refractivity contribution in [3.05, 3.63) is 22.8 Å². The Kier molecular flexibility index (Phi) is 2.54. The number of rotatable bonds is 3. The van der Waals surface area contributed by atoms with Crippen molar-refractivity contribution in [1.82, 2.24) is 4.90 Å². The molecule has 2 aliphatic rings. The number of thioether (sulfide) groups is 1. The monoisotopic (exact) mass is 227 g/mol. The number of hydrogen-bond donors (Lipinski definition) is 2. The second-order valence-electron chi connectivity index (χ2n) is 3.14. The van der Waals surface area contributed by atoms with E-state index in [1.807, 2.05) is 0 Å². The van der Waals surface area contributed by atoms with Gasteiger partial charge in [0.1, 0.15) is 11.1 Å². The number of carboxylic acid groups (broad SMARTS) is 1. The highest BCUT2D eigenvalue weighted by molar-refractivity contribution is 8.03. The average molecular weight is 227 g/mol. The van der Waals surface area contributed by atoms with E-state index in [4.69, 9.17) is 10.2 Å². The van der Waals surface area contributed by atoms with Gasteiger partial charge < -0.3 is 10.2 Å². The zero-order valence-electron chi connectivity index (χ0n) is 7.71. The SMILES string of the molecule is O=C(O)C1=CS[C@@H]2/C(=C\CCO)C(=O)N12. The van der Waals surface area contributed by atoms with E-state index in [0.29, 0.717) is 12.0 Å². The van der Waals surface area contributed by atoms with Gasteiger partial charge in [-0.25, -0.2) is 4.79 Å². The first-order valence-electron chi connectivity index (χ1n) is 4.40. The zero-order valence-corrected chi connectivity index (χ0v) is 8.53. The van der Waals surface area contributed by atoms with Crippen LogP contribution in [0, 0.1) is 0 Å². The molecule has 2 aliphatic heterocycles. The minimum atomic E-state index is -1.08. The molecule has 2 rings (SSSR count). The summed E-state index contributed by atoms with van der Waals surface area (Å²) in [5.74, 6) is -1.35. The van der Waals surface area contributed by atoms with Crippen LogP contribution in [0.4, 0.5) is 0 Å². The summed E-state index contributed by atoms with van der Waals surface area (Å²) in [4.78, 5) is 23.5. The molecule has 0 aromatic heterocycles. The summed E-state index contributed by atoms with van der Waals surface area (Å²) in [6.45, 7) is -0.00656. The lowest BCUT2D eigenvalue weighted by Gasteiger charge is -2.37. The van der Waals surface area contributed by atoms with E-state index in [0.717, 1.165) is 0 Å². The molecular weight excluding hydrogens is 218 g/mol. The first kappa shape index (κ1) is 10.3. The van der Waals surface area contributed by atoms with Crippen molar-refractivity contribution in [2.75, 3.05) is 6.61 Å². The third-order valence-electron chi connectivity index (χ3n) is 2.25. The van der Waals surface area contributed by atoms with E-state index >= 15 is 0 Å². The van der Waals surface area contributed by atoms with Gasteiger partial charge in [0, 0.05) is 17.6 Å². The van der Waals surface area contributed by atoms with Crippen LogP contribution in [-0.4, -0.2) is 39.0 Å². The van der Waals surface area contributed by atoms with Gasteiger partial charge in [0.15, 0.2) is 0 Å². The number of amides is 1. The molecule has 2 N–H and O–H groups in total. The summed E-state index contributed by atoms with van der Waals surface area (Å²) < 4.78 is 0. The number of carbonyl (C=O) groups excluding carboxylic acids is 1. The predicted octanol–water partition coefficient (Wildman–Crippen LogP) is 0.136. The van der Waals surface area contributed by atoms with Crippen LogP contribution in [0.3, 0.4) is 0 Å². The number of carbonyl (C=O) groups is 2. The van der Waals surface area contributed by atoms with Gasteiger partial charge in [-0.2, -0.15) is 0 Å². The number of aliphatic carboxylic acids is 1. The second kappa shape index (κ2) is 3.71. The highest BCUT2D eigenvalue weighted by Crippen LogP contribution is 2.44. The Morgan fingerprint density at radius 1 is 1.67 bits per heavy atom. The highest BCUT2D eigenvalue weighted by Gasteiger charge is 2.49. The predicted molar refractivity (Wildman–Crippen MR) is 53.7 cm³/mol. The third kappa shape index (κ3) is 1.46. The van der Waals surface area contributed by atoms with Crippen LogP contribution in [0.15, 0.2) is 22.8 Å². The number of aliphatic hydroxyl groups is 1. The summed E-state index contributed by atoms with van der Waals surface area (Å²) in [5, 5.41) is 18.7. The number of fused-ring (bicyclic) bond motifs is 1. The standard InChI is InChI=1S/C9H9NO4S/c11-3-1-2-5-7(12)10-6(9(13)14)4-15-8(5)10/h2,4,8,11H,1,3H2,(H,13,14)/b5-2-/t8-/m1/s1. The minimum absolute atomic E-state index is 0.00656. The second-order valence-corrected chi connectivity index (χ2v) is 4.10. The van der Waals surface area contributed by atoms with Gasteiger partial charge in [-0.05, 0) is 6.42 Å². The van der Waals surface area contributed by atoms with E-state index < -0.39 is 5.97 Å². The van der Waals surface area contributed by atoms with Gasteiger partial charge in [0.05, 0.1) is 0 Å². The molecule has 0 unspecified atom stereocenters. The topological polar surface area (TPSA) is 77.8 Å². The van der Waals surface area contributed by atoms with E-state index in [-0.39, 0.29) is 23.6 Å². The average Bonchev–Trinajstić information content (AvgIpc) is 2.58. The van der Waals surface area contributed by atoms with Crippen molar-refractivity contribution < 1.29 is 19.8 Å². The maximum absolute atomic E-state index is 11.5. The maximum Gasteiger partial charge on any atom is 0.353 e. The zero-order chi connectivity index (χ0) is 11.0. The molecule has 80 valence electrons. The molecule has 1 amide bonds. The van der Waals surface area contributed by atoms with Crippen molar-refractivity contribution >= 4 is 23.6 Å². The van der Waals surface area contributed by atoms with E-state index in [1.54, 1.807) is 6.08 Å². The molecule has 0 saturated carbocycles. The van der Waals surface area contributed by atoms with Gasteiger partial charge in [-0.1, -0.05) is 6.08 Å². The molecule has 0 aromatic rings. The largest absolute Gasteiger partial charge is 0.477 e. The van der Waals surface area contributed by atoms with E-state index in [2.05, 4.69) is 0 Å². The van der Waals surface area contributed by atoms with Gasteiger partial charge in [0.2, 0.25) is 0 Å². The molecule has 15 heavy (non-hydrogen) atoms. The Labute approximate surface area is 90.1 Å². The molecule has 0 radical (unpaired) electrons. The molecule has 1 saturated heterocycles. The summed E-state index contributed by atoms with van der Waals surface area (Å²) >= 11 is 1.30. The van der Waals surface area contributed by atoms with Crippen molar-refractivity contribution in [3.63, 3.8) is 0 Å². The van der Waals surface area contributed by atoms with Crippen molar-refractivity contribution in [2.45, 2.75) is 11.8 Å². The number of aliphatic hydroxyl groups excluding tert-OH is 1. The van der Waals surface area contributed by atoms with Crippen LogP contribution in [0.2, 0.25) is 0 Å². The third-order valence-corrected chi connectivity index (χ3v) is 3.33. The Balaban J connectivity index is 2.13. The maximum atomic E-state index is 11.5. The molecule has 2 heterocycles. The quantitative estimate of drug-likeness (QED) is 0.529. The molecule has 6 heteroatoms. The van der Waals surface area contributed by atoms with Crippen LogP contribution in [0.5, 0.6) is 0 Å². The number of β-lactam (4-membered cyclic amide) rings is 1. The van der Waals surface area contributed by atoms with Crippen LogP contribution in [0.25, 0.3) is 0 Å². The molecule has 1 atom stereocenters. The summed E-state index contributed by atoms with van der Waals surface area (Å²) in [5.41, 5.74) is 0.623. The fourth-order valence-corrected chi connectivity index (χ4v) is 2.69. The fourth-order valence-electron chi connectivity index (χ4n) is 1.54. The normalized spacial score (nSPS) is 26.3. The summed E-state index contributed by atoms with van der Waals surface area (Å²) in [6.07, 6.45) is 2.09. The van der Waals surface area contributed by atoms with Crippen LogP contribution >= 0.6 is 11.8 Å². The van der Waals surface area contributed by atoms with Gasteiger partial charge >= 0.3 is 5.97 Å². The van der Waals surface area contributed by atoms with Crippen molar-refractivity contribution in [2.24, 2.45) is 0 Å². The Morgan fingerprint density at radius 2 is 2.40 bits per heavy atom. The number of hydrogen-bond acceptors (Lipinski definition) is 4. The fraction of sp³-hybridized carbons (Fsp3) is 0.333. The first-order chi connectivity index (χ1) is 7.16. The lowest BCUT2D eigenvalue weighted by molar-refractivity contribution is -0.141. The summed E-state index contributed by atoms with van der Waals surface area (Å²) in [7, 11) is 0. The van der Waals surface area contributed by atoms with Gasteiger partial charge in [0.25, 0.3) is 5.91 Å². The molecule has 1 fully saturated rings. The minimum Gasteiger partial charge on any atom is -0.477 e. The highest BCUT2D eigenvalue weighted by atomic mass is 32.2. The van der Waals surface area contributed by atoms with Crippen LogP contribution < -0.4 is 0 Å². The Bertz CT molecular complexity index is 388. The number of nitrogens with zero attached hydrogens (tertiary/aromatic N) is 1. The lowest BCUT2D eigenvalue weighted by Crippen LogP contribution is -2.51. The van der Waals surface area contributed by atoms with E-state index in [1.165, 1.54) is 22.1 Å². The van der Waals surface area contributed by atoms with Crippen molar-refractivity contribution in [1.29, 1.82) is 0 Å². The smallest absolute Gasteiger partial charge is 0.353 e. The van der Waals surface area contributed by atoms with Gasteiger partial charge in [-0.3, -0.25) is 9.69 Å². The first-order valence-corrected chi connectivity index (χ1v) is 5.34. The Morgan fingerprint density at radius 3 is 3.00 bits per heavy atom. The van der Waals surface area contributed by atoms with Crippen LogP contribution in [-0.2, 0) is 9.59 Å². The molecule has 0 spiro atoms. The molecule has 5 nitrogen and oxygen atoms in total. The molecule has 0 bridgehead atoms. The van der Waals surface area contributed by atoms with Gasteiger partial charge in [-0.15, -0.1) is 11.8 Å². The lowest BCUT2D eigenvalue weighted by atomic mass is 10.0. The Hall–Kier alpha value is -1.27. The van der Waals surface area contributed by atoms with Crippen LogP contribution in [0.1, 0.15) is 6.42 Å².